The summed E-state index contributed by atoms with van der Waals surface area (Å²) >= 11 is 0. The summed E-state index contributed by atoms with van der Waals surface area (Å²) in [6.45, 7) is -0.285. The fourth-order valence-corrected chi connectivity index (χ4v) is 1.74. The van der Waals surface area contributed by atoms with Crippen LogP contribution in [0, 0.1) is 0 Å². The van der Waals surface area contributed by atoms with Gasteiger partial charge in [0.2, 0.25) is 0 Å². The Balaban J connectivity index is 2.15. The summed E-state index contributed by atoms with van der Waals surface area (Å²) in [5, 5.41) is 23.9. The van der Waals surface area contributed by atoms with Crippen LogP contribution < -0.4 is 0 Å². The van der Waals surface area contributed by atoms with Gasteiger partial charge in [-0.3, -0.25) is 4.79 Å². The van der Waals surface area contributed by atoms with Crippen LogP contribution in [0.5, 0.6) is 0 Å². The van der Waals surface area contributed by atoms with Gasteiger partial charge < -0.3 is 5.11 Å². The summed E-state index contributed by atoms with van der Waals surface area (Å²) in [6.07, 6.45) is 3.41. The monoisotopic (exact) mass is 244 g/mol. The molecule has 0 saturated carbocycles. The Hall–Kier alpha value is -2.77. The summed E-state index contributed by atoms with van der Waals surface area (Å²) in [5.74, 6) is -0.612. The zero-order valence-corrected chi connectivity index (χ0v) is 9.13. The Morgan fingerprint density at radius 1 is 1.39 bits per heavy atom. The van der Waals surface area contributed by atoms with Gasteiger partial charge in [-0.05, 0) is 22.6 Å². The number of hydrogen-bond donors (Lipinski definition) is 1. The largest absolute Gasteiger partial charge is 0.480 e. The lowest BCUT2D eigenvalue weighted by Crippen LogP contribution is -2.11. The average molecular weight is 244 g/mol. The number of carbonyl (C=O) groups is 1. The third-order valence-corrected chi connectivity index (χ3v) is 2.48. The second-order valence-electron chi connectivity index (χ2n) is 3.64. The molecule has 1 N–H and O–H groups in total. The van der Waals surface area contributed by atoms with Crippen molar-refractivity contribution in [2.45, 2.75) is 6.54 Å². The Labute approximate surface area is 100 Å². The number of aliphatic carboxylic acids is 1. The van der Waals surface area contributed by atoms with Gasteiger partial charge >= 0.3 is 5.97 Å². The lowest BCUT2D eigenvalue weighted by Gasteiger charge is -1.99. The van der Waals surface area contributed by atoms with Crippen LogP contribution in [0.4, 0.5) is 0 Å². The van der Waals surface area contributed by atoms with E-state index in [-0.39, 0.29) is 6.54 Å². The molecule has 3 aromatic rings. The molecule has 3 rings (SSSR count). The van der Waals surface area contributed by atoms with Crippen LogP contribution in [-0.4, -0.2) is 40.9 Å². The number of carboxylic acids is 1. The molecule has 3 heterocycles. The van der Waals surface area contributed by atoms with E-state index in [4.69, 9.17) is 5.11 Å². The molecule has 8 heteroatoms. The zero-order valence-electron chi connectivity index (χ0n) is 9.13. The number of tetrazole rings is 1. The van der Waals surface area contributed by atoms with Gasteiger partial charge in [0.05, 0.1) is 17.3 Å². The number of pyridine rings is 1. The van der Waals surface area contributed by atoms with Gasteiger partial charge in [0.15, 0.2) is 5.82 Å². The van der Waals surface area contributed by atoms with Crippen molar-refractivity contribution in [1.82, 2.24) is 29.8 Å². The first kappa shape index (κ1) is 10.4. The van der Waals surface area contributed by atoms with Crippen LogP contribution in [-0.2, 0) is 11.3 Å². The van der Waals surface area contributed by atoms with Crippen LogP contribution in [0.1, 0.15) is 0 Å². The van der Waals surface area contributed by atoms with E-state index < -0.39 is 5.97 Å². The summed E-state index contributed by atoms with van der Waals surface area (Å²) in [7, 11) is 0. The maximum atomic E-state index is 10.7. The van der Waals surface area contributed by atoms with E-state index in [1.165, 1.54) is 4.68 Å². The second-order valence-corrected chi connectivity index (χ2v) is 3.64. The minimum absolute atomic E-state index is 0.285. The molecule has 0 radical (unpaired) electrons. The highest BCUT2D eigenvalue weighted by atomic mass is 16.4. The third-order valence-electron chi connectivity index (χ3n) is 2.48. The van der Waals surface area contributed by atoms with Gasteiger partial charge in [-0.15, -0.1) is 5.10 Å². The molecule has 18 heavy (non-hydrogen) atoms. The molecule has 0 saturated heterocycles. The molecule has 3 aromatic heterocycles. The fourth-order valence-electron chi connectivity index (χ4n) is 1.74. The molecule has 0 unspecified atom stereocenters. The molecule has 0 atom stereocenters. The molecular weight excluding hydrogens is 236 g/mol. The standard InChI is InChI=1S/C10H8N6O2/c17-9(18)6-16-10(12-13-14-16)7-5-11-15-4-2-1-3-8(7)15/h1-5H,6H2,(H,17,18). The number of fused-ring (bicyclic) bond motifs is 1. The quantitative estimate of drug-likeness (QED) is 0.700. The van der Waals surface area contributed by atoms with Crippen molar-refractivity contribution in [3.63, 3.8) is 0 Å². The average Bonchev–Trinajstić information content (AvgIpc) is 2.94. The van der Waals surface area contributed by atoms with Crippen molar-refractivity contribution in [2.24, 2.45) is 0 Å². The fraction of sp³-hybridized carbons (Fsp3) is 0.100. The third kappa shape index (κ3) is 1.59. The topological polar surface area (TPSA) is 98.2 Å². The molecule has 0 bridgehead atoms. The molecule has 90 valence electrons. The SMILES string of the molecule is O=C(O)Cn1nnnc1-c1cnn2ccccc12. The predicted molar refractivity (Wildman–Crippen MR) is 59.6 cm³/mol. The maximum absolute atomic E-state index is 10.7. The molecular formula is C10H8N6O2. The van der Waals surface area contributed by atoms with Gasteiger partial charge in [-0.1, -0.05) is 6.07 Å². The predicted octanol–water partition coefficient (Wildman–Crippen LogP) is 0.0724. The number of rotatable bonds is 3. The van der Waals surface area contributed by atoms with E-state index >= 15 is 0 Å². The normalized spacial score (nSPS) is 10.9. The van der Waals surface area contributed by atoms with Crippen LogP contribution in [0.3, 0.4) is 0 Å². The molecule has 0 aromatic carbocycles. The van der Waals surface area contributed by atoms with Gasteiger partial charge in [0, 0.05) is 6.20 Å². The molecule has 0 aliphatic heterocycles. The van der Waals surface area contributed by atoms with Gasteiger partial charge in [-0.25, -0.2) is 9.20 Å². The smallest absolute Gasteiger partial charge is 0.325 e. The summed E-state index contributed by atoms with van der Waals surface area (Å²) in [4.78, 5) is 10.7. The molecule has 0 aliphatic carbocycles. The molecule has 0 amide bonds. The van der Waals surface area contributed by atoms with Crippen molar-refractivity contribution >= 4 is 11.5 Å². The summed E-state index contributed by atoms with van der Waals surface area (Å²) in [6, 6.07) is 5.58. The molecule has 0 spiro atoms. The zero-order chi connectivity index (χ0) is 12.5. The van der Waals surface area contributed by atoms with E-state index in [1.54, 1.807) is 16.9 Å². The van der Waals surface area contributed by atoms with Gasteiger partial charge in [0.25, 0.3) is 0 Å². The van der Waals surface area contributed by atoms with Crippen LogP contribution in [0.25, 0.3) is 16.9 Å². The number of aromatic nitrogens is 6. The lowest BCUT2D eigenvalue weighted by molar-refractivity contribution is -0.137. The summed E-state index contributed by atoms with van der Waals surface area (Å²) < 4.78 is 2.90. The molecule has 0 fully saturated rings. The highest BCUT2D eigenvalue weighted by Crippen LogP contribution is 2.21. The van der Waals surface area contributed by atoms with E-state index in [1.807, 2.05) is 18.2 Å². The van der Waals surface area contributed by atoms with E-state index in [0.717, 1.165) is 5.52 Å². The van der Waals surface area contributed by atoms with E-state index in [9.17, 15) is 4.79 Å². The molecule has 0 aliphatic rings. The first-order chi connectivity index (χ1) is 8.75. The van der Waals surface area contributed by atoms with Crippen molar-refractivity contribution in [3.8, 4) is 11.4 Å². The number of nitrogens with zero attached hydrogens (tertiary/aromatic N) is 6. The lowest BCUT2D eigenvalue weighted by atomic mass is 10.2. The van der Waals surface area contributed by atoms with Crippen molar-refractivity contribution in [3.05, 3.63) is 30.6 Å². The Morgan fingerprint density at radius 3 is 3.11 bits per heavy atom. The van der Waals surface area contributed by atoms with Crippen LogP contribution in [0.2, 0.25) is 0 Å². The highest BCUT2D eigenvalue weighted by molar-refractivity contribution is 5.76. The minimum atomic E-state index is -1.000. The van der Waals surface area contributed by atoms with Crippen LogP contribution in [0.15, 0.2) is 30.6 Å². The Morgan fingerprint density at radius 2 is 2.28 bits per heavy atom. The molecule has 8 nitrogen and oxygen atoms in total. The van der Waals surface area contributed by atoms with Gasteiger partial charge in [0.1, 0.15) is 6.54 Å². The number of hydrogen-bond acceptors (Lipinski definition) is 5. The van der Waals surface area contributed by atoms with Crippen molar-refractivity contribution in [1.29, 1.82) is 0 Å². The first-order valence-corrected chi connectivity index (χ1v) is 5.16. The summed E-state index contributed by atoms with van der Waals surface area (Å²) in [5.41, 5.74) is 1.51. The Bertz CT molecular complexity index is 716. The van der Waals surface area contributed by atoms with E-state index in [2.05, 4.69) is 20.6 Å². The first-order valence-electron chi connectivity index (χ1n) is 5.16. The second kappa shape index (κ2) is 3.91. The van der Waals surface area contributed by atoms with Gasteiger partial charge in [-0.2, -0.15) is 5.10 Å². The minimum Gasteiger partial charge on any atom is -0.480 e. The van der Waals surface area contributed by atoms with E-state index in [0.29, 0.717) is 11.4 Å². The maximum Gasteiger partial charge on any atom is 0.325 e. The van der Waals surface area contributed by atoms with Crippen LogP contribution >= 0.6 is 0 Å². The number of carboxylic acid groups (broad SMARTS) is 1. The van der Waals surface area contributed by atoms with Crippen molar-refractivity contribution in [2.75, 3.05) is 0 Å². The highest BCUT2D eigenvalue weighted by Gasteiger charge is 2.15. The van der Waals surface area contributed by atoms with Crippen molar-refractivity contribution < 1.29 is 9.90 Å². The Kier molecular flexibility index (Phi) is 2.26.